The Labute approximate surface area is 74.4 Å². The Bertz CT molecular complexity index is 221. The third kappa shape index (κ3) is 1.63. The normalized spacial score (nSPS) is 28.1. The summed E-state index contributed by atoms with van der Waals surface area (Å²) in [5, 5.41) is 19.5. The van der Waals surface area contributed by atoms with E-state index < -0.39 is 17.5 Å². The SMILES string of the molecule is O=C(O)C1(C(=O)OO)CCCCN1. The van der Waals surface area contributed by atoms with Crippen LogP contribution < -0.4 is 5.32 Å². The van der Waals surface area contributed by atoms with E-state index in [1.165, 1.54) is 0 Å². The zero-order chi connectivity index (χ0) is 9.90. The van der Waals surface area contributed by atoms with Gasteiger partial charge in [-0.3, -0.25) is 10.2 Å². The Morgan fingerprint density at radius 2 is 2.08 bits per heavy atom. The number of carbonyl (C=O) groups excluding carboxylic acids is 1. The highest BCUT2D eigenvalue weighted by Gasteiger charge is 2.48. The predicted molar refractivity (Wildman–Crippen MR) is 40.9 cm³/mol. The Morgan fingerprint density at radius 3 is 2.46 bits per heavy atom. The molecule has 1 rings (SSSR count). The molecule has 1 unspecified atom stereocenters. The van der Waals surface area contributed by atoms with E-state index in [9.17, 15) is 9.59 Å². The Hall–Kier alpha value is -1.14. The van der Waals surface area contributed by atoms with Gasteiger partial charge in [-0.1, -0.05) is 0 Å². The van der Waals surface area contributed by atoms with Crippen molar-refractivity contribution in [1.82, 2.24) is 5.32 Å². The van der Waals surface area contributed by atoms with Gasteiger partial charge in [-0.15, -0.1) is 0 Å². The first kappa shape index (κ1) is 9.94. The van der Waals surface area contributed by atoms with Crippen molar-refractivity contribution in [3.05, 3.63) is 0 Å². The van der Waals surface area contributed by atoms with Crippen molar-refractivity contribution in [2.45, 2.75) is 24.8 Å². The minimum Gasteiger partial charge on any atom is -0.479 e. The van der Waals surface area contributed by atoms with Crippen LogP contribution in [0.1, 0.15) is 19.3 Å². The molecule has 0 aliphatic carbocycles. The van der Waals surface area contributed by atoms with Crippen LogP contribution in [0.2, 0.25) is 0 Å². The number of carboxylic acid groups (broad SMARTS) is 1. The fourth-order valence-electron chi connectivity index (χ4n) is 1.43. The van der Waals surface area contributed by atoms with Crippen molar-refractivity contribution in [1.29, 1.82) is 0 Å². The maximum atomic E-state index is 11.0. The molecule has 1 heterocycles. The van der Waals surface area contributed by atoms with E-state index in [1.807, 2.05) is 0 Å². The van der Waals surface area contributed by atoms with Gasteiger partial charge >= 0.3 is 11.9 Å². The lowest BCUT2D eigenvalue weighted by molar-refractivity contribution is -0.242. The van der Waals surface area contributed by atoms with E-state index in [-0.39, 0.29) is 6.42 Å². The molecule has 1 aliphatic rings. The van der Waals surface area contributed by atoms with E-state index >= 15 is 0 Å². The maximum absolute atomic E-state index is 11.0. The molecule has 0 radical (unpaired) electrons. The highest BCUT2D eigenvalue weighted by atomic mass is 17.1. The second-order valence-electron chi connectivity index (χ2n) is 2.97. The minimum absolute atomic E-state index is 0.141. The third-order valence-corrected chi connectivity index (χ3v) is 2.20. The molecular formula is C7H11NO5. The van der Waals surface area contributed by atoms with Crippen LogP contribution in [0.4, 0.5) is 0 Å². The largest absolute Gasteiger partial charge is 0.479 e. The molecule has 0 aromatic heterocycles. The lowest BCUT2D eigenvalue weighted by Crippen LogP contribution is -2.60. The Kier molecular flexibility index (Phi) is 2.84. The molecule has 1 fully saturated rings. The summed E-state index contributed by atoms with van der Waals surface area (Å²) in [6.07, 6.45) is 1.57. The molecule has 0 spiro atoms. The molecule has 6 heteroatoms. The second kappa shape index (κ2) is 3.71. The van der Waals surface area contributed by atoms with Crippen molar-refractivity contribution in [2.24, 2.45) is 0 Å². The van der Waals surface area contributed by atoms with Crippen LogP contribution >= 0.6 is 0 Å². The van der Waals surface area contributed by atoms with E-state index in [0.29, 0.717) is 13.0 Å². The summed E-state index contributed by atoms with van der Waals surface area (Å²) in [5.74, 6) is -2.47. The fourth-order valence-corrected chi connectivity index (χ4v) is 1.43. The van der Waals surface area contributed by atoms with Crippen molar-refractivity contribution < 1.29 is 24.8 Å². The average Bonchev–Trinajstić information content (AvgIpc) is 2.17. The number of hydrogen-bond donors (Lipinski definition) is 3. The first-order valence-electron chi connectivity index (χ1n) is 3.98. The third-order valence-electron chi connectivity index (χ3n) is 2.20. The van der Waals surface area contributed by atoms with Gasteiger partial charge in [0.25, 0.3) is 0 Å². The lowest BCUT2D eigenvalue weighted by Gasteiger charge is -2.30. The van der Waals surface area contributed by atoms with Crippen LogP contribution in [0.3, 0.4) is 0 Å². The molecular weight excluding hydrogens is 178 g/mol. The summed E-state index contributed by atoms with van der Waals surface area (Å²) in [6.45, 7) is 0.432. The number of carbonyl (C=O) groups is 2. The van der Waals surface area contributed by atoms with Crippen LogP contribution in [0, 0.1) is 0 Å². The van der Waals surface area contributed by atoms with Gasteiger partial charge in [-0.25, -0.2) is 9.59 Å². The molecule has 1 aliphatic heterocycles. The monoisotopic (exact) mass is 189 g/mol. The molecule has 0 saturated carbocycles. The zero-order valence-corrected chi connectivity index (χ0v) is 6.95. The van der Waals surface area contributed by atoms with Gasteiger partial charge < -0.3 is 5.11 Å². The Morgan fingerprint density at radius 1 is 1.38 bits per heavy atom. The van der Waals surface area contributed by atoms with Crippen LogP contribution in [0.25, 0.3) is 0 Å². The molecule has 13 heavy (non-hydrogen) atoms. The molecule has 0 aromatic carbocycles. The number of aliphatic carboxylic acids is 1. The zero-order valence-electron chi connectivity index (χ0n) is 6.95. The van der Waals surface area contributed by atoms with Crippen molar-refractivity contribution >= 4 is 11.9 Å². The molecule has 1 atom stereocenters. The quantitative estimate of drug-likeness (QED) is 0.311. The van der Waals surface area contributed by atoms with E-state index in [2.05, 4.69) is 10.2 Å². The molecule has 74 valence electrons. The van der Waals surface area contributed by atoms with Crippen molar-refractivity contribution in [2.75, 3.05) is 6.54 Å². The molecule has 3 N–H and O–H groups in total. The van der Waals surface area contributed by atoms with Gasteiger partial charge in [0.15, 0.2) is 0 Å². The molecule has 0 aromatic rings. The average molecular weight is 189 g/mol. The van der Waals surface area contributed by atoms with Crippen molar-refractivity contribution in [3.8, 4) is 0 Å². The van der Waals surface area contributed by atoms with E-state index in [4.69, 9.17) is 10.4 Å². The first-order chi connectivity index (χ1) is 6.13. The summed E-state index contributed by atoms with van der Waals surface area (Å²) < 4.78 is 0. The number of carboxylic acids is 1. The summed E-state index contributed by atoms with van der Waals surface area (Å²) in [4.78, 5) is 25.3. The second-order valence-corrected chi connectivity index (χ2v) is 2.97. The van der Waals surface area contributed by atoms with Crippen LogP contribution in [-0.4, -0.2) is 34.4 Å². The maximum Gasteiger partial charge on any atom is 0.373 e. The van der Waals surface area contributed by atoms with Gasteiger partial charge in [0.05, 0.1) is 0 Å². The van der Waals surface area contributed by atoms with Gasteiger partial charge in [-0.2, -0.15) is 5.26 Å². The standard InChI is InChI=1S/C7H11NO5/c9-5(10)7(6(11)13-12)3-1-2-4-8-7/h8,12H,1-4H2,(H,9,10). The topological polar surface area (TPSA) is 95.9 Å². The lowest BCUT2D eigenvalue weighted by atomic mass is 9.89. The number of nitrogens with one attached hydrogen (secondary N) is 1. The molecule has 6 nitrogen and oxygen atoms in total. The molecule has 0 bridgehead atoms. The van der Waals surface area contributed by atoms with Gasteiger partial charge in [-0.05, 0) is 25.8 Å². The predicted octanol–water partition coefficient (Wildman–Crippen LogP) is -0.401. The first-order valence-corrected chi connectivity index (χ1v) is 3.98. The Balaban J connectivity index is 2.85. The highest BCUT2D eigenvalue weighted by Crippen LogP contribution is 2.20. The minimum atomic E-state index is -1.76. The van der Waals surface area contributed by atoms with E-state index in [1.54, 1.807) is 0 Å². The summed E-state index contributed by atoms with van der Waals surface area (Å²) in [5.41, 5.74) is -1.76. The molecule has 1 saturated heterocycles. The van der Waals surface area contributed by atoms with Crippen molar-refractivity contribution in [3.63, 3.8) is 0 Å². The van der Waals surface area contributed by atoms with Crippen LogP contribution in [0.15, 0.2) is 0 Å². The number of rotatable bonds is 2. The number of hydrogen-bond acceptors (Lipinski definition) is 5. The number of piperidine rings is 1. The van der Waals surface area contributed by atoms with Crippen LogP contribution in [0.5, 0.6) is 0 Å². The fraction of sp³-hybridized carbons (Fsp3) is 0.714. The van der Waals surface area contributed by atoms with E-state index in [0.717, 1.165) is 6.42 Å². The molecule has 0 amide bonds. The van der Waals surface area contributed by atoms with Crippen LogP contribution in [-0.2, 0) is 14.5 Å². The van der Waals surface area contributed by atoms with Gasteiger partial charge in [0, 0.05) is 0 Å². The summed E-state index contributed by atoms with van der Waals surface area (Å²) >= 11 is 0. The highest BCUT2D eigenvalue weighted by molar-refractivity contribution is 6.03. The summed E-state index contributed by atoms with van der Waals surface area (Å²) in [6, 6.07) is 0. The summed E-state index contributed by atoms with van der Waals surface area (Å²) in [7, 11) is 0. The van der Waals surface area contributed by atoms with Gasteiger partial charge in [0.2, 0.25) is 5.54 Å². The van der Waals surface area contributed by atoms with Gasteiger partial charge in [0.1, 0.15) is 0 Å². The smallest absolute Gasteiger partial charge is 0.373 e.